The molecule has 0 N–H and O–H groups in total. The van der Waals surface area contributed by atoms with Crippen LogP contribution in [0.5, 0.6) is 0 Å². The fourth-order valence-corrected chi connectivity index (χ4v) is 6.46. The van der Waals surface area contributed by atoms with Crippen molar-refractivity contribution in [2.45, 2.75) is 99.7 Å². The highest BCUT2D eigenvalue weighted by Crippen LogP contribution is 2.62. The molecule has 0 bridgehead atoms. The molecule has 158 valence electrons. The standard InChI is InChI=1S/C19H39N2O2P.2CH4/c1-18(2,3)16-23-24(22,19(4,5)6)21-14-10-17(11-15-21)20-12-8-7-9-13-20;;/h17H,7-16H2,1-6H3;2*1H4. The van der Waals surface area contributed by atoms with Gasteiger partial charge in [-0.05, 0) is 65.0 Å². The Morgan fingerprint density at radius 1 is 0.885 bits per heavy atom. The van der Waals surface area contributed by atoms with Crippen LogP contribution in [0.4, 0.5) is 0 Å². The van der Waals surface area contributed by atoms with Gasteiger partial charge in [0.25, 0.3) is 7.52 Å². The molecule has 2 heterocycles. The van der Waals surface area contributed by atoms with E-state index in [1.54, 1.807) is 0 Å². The van der Waals surface area contributed by atoms with Gasteiger partial charge >= 0.3 is 0 Å². The lowest BCUT2D eigenvalue weighted by Crippen LogP contribution is -2.47. The first-order valence-corrected chi connectivity index (χ1v) is 11.3. The Hall–Kier alpha value is 0.110. The summed E-state index contributed by atoms with van der Waals surface area (Å²) in [6, 6.07) is 0.678. The van der Waals surface area contributed by atoms with Crippen molar-refractivity contribution in [2.75, 3.05) is 32.8 Å². The quantitative estimate of drug-likeness (QED) is 0.530. The lowest BCUT2D eigenvalue weighted by Gasteiger charge is -2.45. The van der Waals surface area contributed by atoms with E-state index in [0.717, 1.165) is 25.9 Å². The van der Waals surface area contributed by atoms with Crippen molar-refractivity contribution in [1.29, 1.82) is 0 Å². The normalized spacial score (nSPS) is 23.6. The van der Waals surface area contributed by atoms with Crippen LogP contribution < -0.4 is 0 Å². The topological polar surface area (TPSA) is 32.8 Å². The molecule has 5 heteroatoms. The molecule has 2 rings (SSSR count). The summed E-state index contributed by atoms with van der Waals surface area (Å²) in [5, 5.41) is -0.337. The molecule has 2 saturated heterocycles. The smallest absolute Gasteiger partial charge is 0.277 e. The second-order valence-electron chi connectivity index (χ2n) is 9.81. The first-order valence-electron chi connectivity index (χ1n) is 9.77. The van der Waals surface area contributed by atoms with Gasteiger partial charge in [-0.25, -0.2) is 4.67 Å². The highest BCUT2D eigenvalue weighted by Gasteiger charge is 2.45. The molecule has 1 atom stereocenters. The summed E-state index contributed by atoms with van der Waals surface area (Å²) >= 11 is 0. The van der Waals surface area contributed by atoms with Crippen LogP contribution in [-0.2, 0) is 9.09 Å². The summed E-state index contributed by atoms with van der Waals surface area (Å²) in [4.78, 5) is 2.67. The highest BCUT2D eigenvalue weighted by molar-refractivity contribution is 7.58. The van der Waals surface area contributed by atoms with Crippen molar-refractivity contribution in [1.82, 2.24) is 9.57 Å². The summed E-state index contributed by atoms with van der Waals surface area (Å²) in [7, 11) is -2.83. The zero-order valence-electron chi connectivity index (χ0n) is 16.8. The second-order valence-corrected chi connectivity index (χ2v) is 13.0. The van der Waals surface area contributed by atoms with Crippen LogP contribution in [0.15, 0.2) is 0 Å². The van der Waals surface area contributed by atoms with Crippen molar-refractivity contribution in [2.24, 2.45) is 5.41 Å². The Morgan fingerprint density at radius 3 is 1.81 bits per heavy atom. The molecule has 26 heavy (non-hydrogen) atoms. The van der Waals surface area contributed by atoms with E-state index in [9.17, 15) is 4.57 Å². The van der Waals surface area contributed by atoms with E-state index in [0.29, 0.717) is 12.6 Å². The monoisotopic (exact) mass is 390 g/mol. The number of rotatable bonds is 4. The number of hydrogen-bond donors (Lipinski definition) is 0. The number of nitrogens with zero attached hydrogens (tertiary/aromatic N) is 2. The minimum absolute atomic E-state index is 0. The fourth-order valence-electron chi connectivity index (χ4n) is 3.74. The molecule has 0 radical (unpaired) electrons. The molecular weight excluding hydrogens is 343 g/mol. The van der Waals surface area contributed by atoms with Crippen LogP contribution in [-0.4, -0.2) is 53.6 Å². The average molecular weight is 391 g/mol. The molecule has 0 aromatic carbocycles. The lowest BCUT2D eigenvalue weighted by molar-refractivity contribution is 0.104. The Labute approximate surface area is 164 Å². The van der Waals surface area contributed by atoms with Crippen molar-refractivity contribution >= 4 is 7.52 Å². The first-order chi connectivity index (χ1) is 11.0. The van der Waals surface area contributed by atoms with Gasteiger partial charge < -0.3 is 9.42 Å². The van der Waals surface area contributed by atoms with Gasteiger partial charge in [0.15, 0.2) is 0 Å². The van der Waals surface area contributed by atoms with Gasteiger partial charge in [0.05, 0.1) is 11.8 Å². The fraction of sp³-hybridized carbons (Fsp3) is 1.00. The minimum Gasteiger partial charge on any atom is -0.316 e. The van der Waals surface area contributed by atoms with Crippen molar-refractivity contribution in [3.63, 3.8) is 0 Å². The number of likely N-dealkylation sites (tertiary alicyclic amines) is 1. The maximum Gasteiger partial charge on any atom is 0.277 e. The SMILES string of the molecule is C.C.CC(C)(C)COP(=O)(N1CCC(N2CCCCC2)CC1)C(C)(C)C. The van der Waals surface area contributed by atoms with Crippen LogP contribution in [0.3, 0.4) is 0 Å². The van der Waals surface area contributed by atoms with Gasteiger partial charge in [-0.2, -0.15) is 0 Å². The molecule has 2 aliphatic rings. The highest BCUT2D eigenvalue weighted by atomic mass is 31.2. The van der Waals surface area contributed by atoms with Gasteiger partial charge in [-0.3, -0.25) is 4.57 Å². The largest absolute Gasteiger partial charge is 0.316 e. The average Bonchev–Trinajstić information content (AvgIpc) is 2.52. The van der Waals surface area contributed by atoms with Crippen LogP contribution in [0.25, 0.3) is 0 Å². The van der Waals surface area contributed by atoms with E-state index in [1.807, 2.05) is 0 Å². The molecule has 4 nitrogen and oxygen atoms in total. The summed E-state index contributed by atoms with van der Waals surface area (Å²) in [5.41, 5.74) is 0.0348. The first kappa shape index (κ1) is 26.1. The molecule has 1 unspecified atom stereocenters. The molecule has 0 amide bonds. The number of hydrogen-bond acceptors (Lipinski definition) is 3. The summed E-state index contributed by atoms with van der Waals surface area (Å²) in [6.07, 6.45) is 6.32. The second kappa shape index (κ2) is 10.0. The van der Waals surface area contributed by atoms with Crippen molar-refractivity contribution < 1.29 is 9.09 Å². The Kier molecular flexibility index (Phi) is 10.1. The van der Waals surface area contributed by atoms with E-state index in [1.165, 1.54) is 32.4 Å². The summed E-state index contributed by atoms with van der Waals surface area (Å²) in [6.45, 7) is 17.5. The Morgan fingerprint density at radius 2 is 1.38 bits per heavy atom. The van der Waals surface area contributed by atoms with Gasteiger partial charge in [-0.15, -0.1) is 0 Å². The van der Waals surface area contributed by atoms with E-state index in [-0.39, 0.29) is 25.4 Å². The van der Waals surface area contributed by atoms with E-state index < -0.39 is 7.52 Å². The minimum atomic E-state index is -2.83. The molecule has 0 aliphatic carbocycles. The molecule has 2 fully saturated rings. The maximum absolute atomic E-state index is 13.8. The van der Waals surface area contributed by atoms with Gasteiger partial charge in [0.1, 0.15) is 0 Å². The molecule has 2 aliphatic heterocycles. The summed E-state index contributed by atoms with van der Waals surface area (Å²) < 4.78 is 22.1. The maximum atomic E-state index is 13.8. The van der Waals surface area contributed by atoms with Gasteiger partial charge in [-0.1, -0.05) is 42.0 Å². The lowest BCUT2D eigenvalue weighted by atomic mass is 9.99. The molecule has 0 aromatic rings. The third-order valence-electron chi connectivity index (χ3n) is 5.24. The van der Waals surface area contributed by atoms with Crippen LogP contribution >= 0.6 is 7.52 Å². The Bertz CT molecular complexity index is 440. The zero-order valence-corrected chi connectivity index (χ0v) is 17.7. The molecule has 0 spiro atoms. The predicted octanol–water partition coefficient (Wildman–Crippen LogP) is 6.26. The van der Waals surface area contributed by atoms with Crippen molar-refractivity contribution in [3.05, 3.63) is 0 Å². The third kappa shape index (κ3) is 6.62. The summed E-state index contributed by atoms with van der Waals surface area (Å²) in [5.74, 6) is 0. The van der Waals surface area contributed by atoms with E-state index >= 15 is 0 Å². The van der Waals surface area contributed by atoms with Crippen LogP contribution in [0.2, 0.25) is 0 Å². The van der Waals surface area contributed by atoms with Crippen LogP contribution in [0.1, 0.15) is 88.5 Å². The Balaban J connectivity index is 0.00000312. The predicted molar refractivity (Wildman–Crippen MR) is 116 cm³/mol. The van der Waals surface area contributed by atoms with E-state index in [2.05, 4.69) is 51.1 Å². The number of piperidine rings is 2. The van der Waals surface area contributed by atoms with Gasteiger partial charge in [0.2, 0.25) is 0 Å². The van der Waals surface area contributed by atoms with Crippen LogP contribution in [0, 0.1) is 5.41 Å². The van der Waals surface area contributed by atoms with Crippen molar-refractivity contribution in [3.8, 4) is 0 Å². The zero-order chi connectivity index (χ0) is 18.0. The van der Waals surface area contributed by atoms with Gasteiger partial charge in [0, 0.05) is 19.1 Å². The van der Waals surface area contributed by atoms with E-state index in [4.69, 9.17) is 4.52 Å². The molecule has 0 saturated carbocycles. The molecule has 0 aromatic heterocycles. The molecular formula is C21H47N2O2P. The third-order valence-corrected chi connectivity index (χ3v) is 8.56.